The fourth-order valence-corrected chi connectivity index (χ4v) is 3.07. The zero-order valence-corrected chi connectivity index (χ0v) is 15.7. The summed E-state index contributed by atoms with van der Waals surface area (Å²) >= 11 is 0. The van der Waals surface area contributed by atoms with Crippen molar-refractivity contribution in [1.29, 1.82) is 0 Å². The molecule has 6 heteroatoms. The molecule has 0 aromatic heterocycles. The molecule has 1 aliphatic rings. The number of carbonyl (C=O) groups excluding carboxylic acids is 2. The van der Waals surface area contributed by atoms with Gasteiger partial charge in [-0.1, -0.05) is 30.3 Å². The van der Waals surface area contributed by atoms with Gasteiger partial charge < -0.3 is 14.2 Å². The van der Waals surface area contributed by atoms with Crippen molar-refractivity contribution in [2.24, 2.45) is 0 Å². The molecular weight excluding hydrogens is 334 g/mol. The average Bonchev–Trinajstić information content (AvgIpc) is 3.14. The number of ether oxygens (including phenoxy) is 3. The smallest absolute Gasteiger partial charge is 0.410 e. The van der Waals surface area contributed by atoms with Crippen LogP contribution in [0.4, 0.5) is 4.79 Å². The summed E-state index contributed by atoms with van der Waals surface area (Å²) in [4.78, 5) is 26.4. The maximum absolute atomic E-state index is 12.5. The Balaban J connectivity index is 1.73. The highest BCUT2D eigenvalue weighted by molar-refractivity contribution is 5.87. The number of rotatable bonds is 10. The van der Waals surface area contributed by atoms with Crippen molar-refractivity contribution >= 4 is 11.9 Å². The minimum atomic E-state index is -0.411. The molecule has 1 unspecified atom stereocenters. The molecular formula is C20H29NO5. The Morgan fingerprint density at radius 3 is 2.73 bits per heavy atom. The first-order chi connectivity index (χ1) is 12.6. The topological polar surface area (TPSA) is 65.1 Å². The van der Waals surface area contributed by atoms with Crippen LogP contribution in [-0.2, 0) is 25.6 Å². The molecule has 6 nitrogen and oxygen atoms in total. The fourth-order valence-electron chi connectivity index (χ4n) is 3.07. The normalized spacial score (nSPS) is 17.9. The average molecular weight is 363 g/mol. The lowest BCUT2D eigenvalue weighted by Crippen LogP contribution is -2.40. The second kappa shape index (κ2) is 10.9. The van der Waals surface area contributed by atoms with E-state index in [1.807, 2.05) is 44.2 Å². The largest absolute Gasteiger partial charge is 0.445 e. The minimum Gasteiger partial charge on any atom is -0.445 e. The Morgan fingerprint density at radius 1 is 1.23 bits per heavy atom. The first-order valence-electron chi connectivity index (χ1n) is 9.35. The number of hydrogen-bond acceptors (Lipinski definition) is 5. The Kier molecular flexibility index (Phi) is 8.58. The zero-order valence-electron chi connectivity index (χ0n) is 15.7. The molecule has 144 valence electrons. The molecule has 1 amide bonds. The highest BCUT2D eigenvalue weighted by Gasteiger charge is 2.34. The monoisotopic (exact) mass is 363 g/mol. The first-order valence-corrected chi connectivity index (χ1v) is 9.35. The van der Waals surface area contributed by atoms with E-state index < -0.39 is 6.09 Å². The van der Waals surface area contributed by atoms with Crippen LogP contribution in [0, 0.1) is 0 Å². The van der Waals surface area contributed by atoms with Gasteiger partial charge in [0.2, 0.25) is 0 Å². The van der Waals surface area contributed by atoms with Crippen LogP contribution in [0.15, 0.2) is 30.3 Å². The first kappa shape index (κ1) is 20.4. The second-order valence-electron chi connectivity index (χ2n) is 6.36. The standard InChI is InChI=1S/C20H29NO5/c1-3-24-16(2)25-14-8-12-19(22)18-11-7-13-21(18)20(23)26-15-17-9-5-4-6-10-17/h4-6,9-10,16,18H,3,7-8,11-15H2,1-2H3/t16?,18-/m0/s1. The second-order valence-corrected chi connectivity index (χ2v) is 6.36. The third-order valence-corrected chi connectivity index (χ3v) is 4.39. The quantitative estimate of drug-likeness (QED) is 0.470. The number of carbonyl (C=O) groups is 2. The number of nitrogens with zero attached hydrogens (tertiary/aromatic N) is 1. The Morgan fingerprint density at radius 2 is 2.00 bits per heavy atom. The zero-order chi connectivity index (χ0) is 18.8. The van der Waals surface area contributed by atoms with Gasteiger partial charge in [-0.2, -0.15) is 0 Å². The molecule has 1 aromatic rings. The van der Waals surface area contributed by atoms with Gasteiger partial charge in [0.25, 0.3) is 0 Å². The van der Waals surface area contributed by atoms with Crippen LogP contribution >= 0.6 is 0 Å². The van der Waals surface area contributed by atoms with Gasteiger partial charge in [0.1, 0.15) is 6.61 Å². The molecule has 1 aromatic carbocycles. The molecule has 2 rings (SSSR count). The molecule has 0 spiro atoms. The third-order valence-electron chi connectivity index (χ3n) is 4.39. The van der Waals surface area contributed by atoms with Crippen LogP contribution in [0.25, 0.3) is 0 Å². The van der Waals surface area contributed by atoms with Gasteiger partial charge in [0.15, 0.2) is 12.1 Å². The lowest BCUT2D eigenvalue weighted by atomic mass is 10.1. The van der Waals surface area contributed by atoms with E-state index in [4.69, 9.17) is 14.2 Å². The molecule has 0 radical (unpaired) electrons. The third kappa shape index (κ3) is 6.42. The molecule has 1 fully saturated rings. The van der Waals surface area contributed by atoms with Crippen LogP contribution in [0.2, 0.25) is 0 Å². The maximum atomic E-state index is 12.5. The summed E-state index contributed by atoms with van der Waals surface area (Å²) in [7, 11) is 0. The molecule has 0 N–H and O–H groups in total. The van der Waals surface area contributed by atoms with Crippen LogP contribution in [-0.4, -0.2) is 48.9 Å². The predicted molar refractivity (Wildman–Crippen MR) is 97.6 cm³/mol. The summed E-state index contributed by atoms with van der Waals surface area (Å²) in [5.41, 5.74) is 0.934. The molecule has 2 atom stereocenters. The molecule has 1 saturated heterocycles. The van der Waals surface area contributed by atoms with Gasteiger partial charge in [-0.15, -0.1) is 0 Å². The lowest BCUT2D eigenvalue weighted by molar-refractivity contribution is -0.132. The van der Waals surface area contributed by atoms with Crippen molar-refractivity contribution in [1.82, 2.24) is 4.90 Å². The molecule has 1 aliphatic heterocycles. The summed E-state index contributed by atoms with van der Waals surface area (Å²) in [6.07, 6.45) is 1.88. The van der Waals surface area contributed by atoms with Gasteiger partial charge >= 0.3 is 6.09 Å². The number of benzene rings is 1. The van der Waals surface area contributed by atoms with Crippen molar-refractivity contribution in [3.63, 3.8) is 0 Å². The molecule has 0 saturated carbocycles. The van der Waals surface area contributed by atoms with Crippen molar-refractivity contribution in [3.05, 3.63) is 35.9 Å². The number of likely N-dealkylation sites (tertiary alicyclic amines) is 1. The van der Waals surface area contributed by atoms with Crippen molar-refractivity contribution in [2.75, 3.05) is 19.8 Å². The van der Waals surface area contributed by atoms with Gasteiger partial charge in [-0.05, 0) is 38.7 Å². The number of amides is 1. The van der Waals surface area contributed by atoms with Crippen molar-refractivity contribution in [3.8, 4) is 0 Å². The minimum absolute atomic E-state index is 0.0758. The molecule has 1 heterocycles. The molecule has 0 aliphatic carbocycles. The SMILES string of the molecule is CCOC(C)OCCCC(=O)[C@@H]1CCCN1C(=O)OCc1ccccc1. The summed E-state index contributed by atoms with van der Waals surface area (Å²) < 4.78 is 16.1. The van der Waals surface area contributed by atoms with Gasteiger partial charge in [0.05, 0.1) is 12.6 Å². The number of ketones is 1. The Labute approximate surface area is 155 Å². The van der Waals surface area contributed by atoms with Crippen molar-refractivity contribution in [2.45, 2.75) is 58.5 Å². The van der Waals surface area contributed by atoms with E-state index in [1.165, 1.54) is 0 Å². The summed E-state index contributed by atoms with van der Waals surface area (Å²) in [6.45, 7) is 5.62. The van der Waals surface area contributed by atoms with E-state index in [-0.39, 0.29) is 24.7 Å². The summed E-state index contributed by atoms with van der Waals surface area (Å²) in [5, 5.41) is 0. The summed E-state index contributed by atoms with van der Waals surface area (Å²) in [6, 6.07) is 9.16. The van der Waals surface area contributed by atoms with E-state index in [0.717, 1.165) is 12.0 Å². The van der Waals surface area contributed by atoms with Crippen LogP contribution in [0.3, 0.4) is 0 Å². The van der Waals surface area contributed by atoms with E-state index >= 15 is 0 Å². The molecule has 26 heavy (non-hydrogen) atoms. The van der Waals surface area contributed by atoms with E-state index in [9.17, 15) is 9.59 Å². The highest BCUT2D eigenvalue weighted by atomic mass is 16.7. The Bertz CT molecular complexity index is 563. The number of hydrogen-bond donors (Lipinski definition) is 0. The summed E-state index contributed by atoms with van der Waals surface area (Å²) in [5.74, 6) is 0.0758. The highest BCUT2D eigenvalue weighted by Crippen LogP contribution is 2.21. The molecule has 0 bridgehead atoms. The van der Waals surface area contributed by atoms with E-state index in [1.54, 1.807) is 4.90 Å². The van der Waals surface area contributed by atoms with Crippen LogP contribution < -0.4 is 0 Å². The van der Waals surface area contributed by atoms with Gasteiger partial charge in [-0.3, -0.25) is 9.69 Å². The van der Waals surface area contributed by atoms with Crippen molar-refractivity contribution < 1.29 is 23.8 Å². The van der Waals surface area contributed by atoms with E-state index in [2.05, 4.69) is 0 Å². The van der Waals surface area contributed by atoms with Crippen LogP contribution in [0.5, 0.6) is 0 Å². The van der Waals surface area contributed by atoms with E-state index in [0.29, 0.717) is 39.0 Å². The van der Waals surface area contributed by atoms with Gasteiger partial charge in [0, 0.05) is 19.6 Å². The predicted octanol–water partition coefficient (Wildman–Crippen LogP) is 3.54. The lowest BCUT2D eigenvalue weighted by Gasteiger charge is -2.23. The fraction of sp³-hybridized carbons (Fsp3) is 0.600. The maximum Gasteiger partial charge on any atom is 0.410 e. The van der Waals surface area contributed by atoms with Gasteiger partial charge in [-0.25, -0.2) is 4.79 Å². The Hall–Kier alpha value is -1.92. The number of Topliss-reactive ketones (excluding diaryl/α,β-unsaturated/α-hetero) is 1. The van der Waals surface area contributed by atoms with Crippen LogP contribution in [0.1, 0.15) is 45.1 Å².